The Hall–Kier alpha value is -3.13. The molecule has 7 nitrogen and oxygen atoms in total. The molecular formula is C23H24N4O3S. The number of rotatable bonds is 7. The summed E-state index contributed by atoms with van der Waals surface area (Å²) < 4.78 is 6.90. The minimum Gasteiger partial charge on any atom is -0.497 e. The molecule has 0 radical (unpaired) electrons. The zero-order chi connectivity index (χ0) is 21.6. The van der Waals surface area contributed by atoms with Gasteiger partial charge >= 0.3 is 5.69 Å². The maximum Gasteiger partial charge on any atom is 0.349 e. The van der Waals surface area contributed by atoms with E-state index in [0.717, 1.165) is 48.3 Å². The highest BCUT2D eigenvalue weighted by Crippen LogP contribution is 2.29. The van der Waals surface area contributed by atoms with Gasteiger partial charge in [0.2, 0.25) is 5.91 Å². The fraction of sp³-hybridized carbons (Fsp3) is 0.304. The molecule has 2 heterocycles. The molecule has 1 aromatic carbocycles. The quantitative estimate of drug-likeness (QED) is 0.452. The van der Waals surface area contributed by atoms with Crippen molar-refractivity contribution in [2.45, 2.75) is 37.3 Å². The summed E-state index contributed by atoms with van der Waals surface area (Å²) in [4.78, 5) is 33.6. The summed E-state index contributed by atoms with van der Waals surface area (Å²) >= 11 is 1.33. The van der Waals surface area contributed by atoms with E-state index in [-0.39, 0.29) is 17.3 Å². The maximum absolute atomic E-state index is 12.8. The fourth-order valence-electron chi connectivity index (χ4n) is 3.71. The van der Waals surface area contributed by atoms with Crippen LogP contribution >= 0.6 is 11.8 Å². The van der Waals surface area contributed by atoms with Gasteiger partial charge < -0.3 is 10.1 Å². The summed E-state index contributed by atoms with van der Waals surface area (Å²) in [6.07, 6.45) is 7.30. The number of amides is 1. The molecule has 0 spiro atoms. The minimum atomic E-state index is -0.268. The number of carbonyl (C=O) groups excluding carboxylic acids is 1. The first kappa shape index (κ1) is 21.1. The van der Waals surface area contributed by atoms with Crippen molar-refractivity contribution in [3.8, 4) is 5.75 Å². The number of methoxy groups -OCH3 is 1. The fourth-order valence-corrected chi connectivity index (χ4v) is 4.58. The number of nitrogens with one attached hydrogen (secondary N) is 1. The predicted octanol–water partition coefficient (Wildman–Crippen LogP) is 3.30. The molecule has 2 aromatic heterocycles. The van der Waals surface area contributed by atoms with Gasteiger partial charge in [0.1, 0.15) is 10.8 Å². The molecule has 3 aromatic rings. The molecule has 0 atom stereocenters. The van der Waals surface area contributed by atoms with Crippen molar-refractivity contribution in [3.05, 3.63) is 76.1 Å². The number of carbonyl (C=O) groups is 1. The number of hydrogen-bond donors (Lipinski definition) is 1. The number of aromatic nitrogens is 3. The second kappa shape index (κ2) is 9.78. The van der Waals surface area contributed by atoms with Crippen LogP contribution in [0.4, 0.5) is 5.69 Å². The number of benzene rings is 1. The van der Waals surface area contributed by atoms with E-state index in [4.69, 9.17) is 4.74 Å². The Morgan fingerprint density at radius 2 is 1.87 bits per heavy atom. The van der Waals surface area contributed by atoms with E-state index in [9.17, 15) is 9.59 Å². The number of pyridine rings is 1. The molecule has 1 aliphatic carbocycles. The van der Waals surface area contributed by atoms with Gasteiger partial charge in [-0.2, -0.15) is 4.98 Å². The SMILES string of the molecule is COc1ccc(NC(=O)CSc2nc(=O)n(Cc3ccncc3)c3c2CCCC3)cc1. The Bertz CT molecular complexity index is 1110. The first-order chi connectivity index (χ1) is 15.1. The molecule has 1 N–H and O–H groups in total. The third-order valence-electron chi connectivity index (χ3n) is 5.25. The minimum absolute atomic E-state index is 0.137. The van der Waals surface area contributed by atoms with Crippen LogP contribution in [-0.4, -0.2) is 33.3 Å². The van der Waals surface area contributed by atoms with Crippen LogP contribution in [0, 0.1) is 0 Å². The van der Waals surface area contributed by atoms with E-state index >= 15 is 0 Å². The molecule has 8 heteroatoms. The van der Waals surface area contributed by atoms with Gasteiger partial charge in [0.15, 0.2) is 0 Å². The number of ether oxygens (including phenoxy) is 1. The second-order valence-electron chi connectivity index (χ2n) is 7.34. The van der Waals surface area contributed by atoms with Crippen LogP contribution in [0.1, 0.15) is 29.7 Å². The van der Waals surface area contributed by atoms with E-state index in [0.29, 0.717) is 17.3 Å². The van der Waals surface area contributed by atoms with Gasteiger partial charge in [-0.3, -0.25) is 14.3 Å². The zero-order valence-corrected chi connectivity index (χ0v) is 18.2. The smallest absolute Gasteiger partial charge is 0.349 e. The Kier molecular flexibility index (Phi) is 6.66. The lowest BCUT2D eigenvalue weighted by molar-refractivity contribution is -0.113. The summed E-state index contributed by atoms with van der Waals surface area (Å²) in [7, 11) is 1.60. The van der Waals surface area contributed by atoms with Gasteiger partial charge in [-0.1, -0.05) is 11.8 Å². The van der Waals surface area contributed by atoms with Gasteiger partial charge in [0.05, 0.1) is 19.4 Å². The number of fused-ring (bicyclic) bond motifs is 1. The lowest BCUT2D eigenvalue weighted by atomic mass is 9.97. The normalized spacial score (nSPS) is 12.8. The first-order valence-corrected chi connectivity index (χ1v) is 11.2. The Balaban J connectivity index is 1.50. The van der Waals surface area contributed by atoms with Crippen LogP contribution in [0.5, 0.6) is 5.75 Å². The van der Waals surface area contributed by atoms with Crippen LogP contribution in [0.15, 0.2) is 58.6 Å². The van der Waals surface area contributed by atoms with E-state index < -0.39 is 0 Å². The van der Waals surface area contributed by atoms with E-state index in [1.165, 1.54) is 11.8 Å². The van der Waals surface area contributed by atoms with E-state index in [2.05, 4.69) is 15.3 Å². The predicted molar refractivity (Wildman–Crippen MR) is 121 cm³/mol. The van der Waals surface area contributed by atoms with Crippen molar-refractivity contribution < 1.29 is 9.53 Å². The molecule has 0 saturated carbocycles. The molecule has 160 valence electrons. The van der Waals surface area contributed by atoms with Crippen molar-refractivity contribution in [1.29, 1.82) is 0 Å². The van der Waals surface area contributed by atoms with Crippen molar-refractivity contribution in [2.75, 3.05) is 18.2 Å². The number of nitrogens with zero attached hydrogens (tertiary/aromatic N) is 3. The van der Waals surface area contributed by atoms with Gasteiger partial charge in [-0.25, -0.2) is 4.79 Å². The van der Waals surface area contributed by atoms with Crippen LogP contribution in [0.25, 0.3) is 0 Å². The molecule has 0 fully saturated rings. The zero-order valence-electron chi connectivity index (χ0n) is 17.3. The van der Waals surface area contributed by atoms with Gasteiger partial charge in [-0.15, -0.1) is 0 Å². The lowest BCUT2D eigenvalue weighted by Gasteiger charge is -2.22. The monoisotopic (exact) mass is 436 g/mol. The standard InChI is InChI=1S/C23H24N4O3S/c1-30-18-8-6-17(7-9-18)25-21(28)15-31-22-19-4-2-3-5-20(19)27(23(29)26-22)14-16-10-12-24-13-11-16/h6-13H,2-5,14-15H2,1H3,(H,25,28). The Morgan fingerprint density at radius 3 is 2.61 bits per heavy atom. The van der Waals surface area contributed by atoms with Gasteiger partial charge in [-0.05, 0) is 67.6 Å². The third-order valence-corrected chi connectivity index (χ3v) is 6.27. The topological polar surface area (TPSA) is 86.1 Å². The molecular weight excluding hydrogens is 412 g/mol. The average molecular weight is 437 g/mol. The highest BCUT2D eigenvalue weighted by atomic mass is 32.2. The van der Waals surface area contributed by atoms with Crippen LogP contribution in [-0.2, 0) is 24.2 Å². The highest BCUT2D eigenvalue weighted by Gasteiger charge is 2.21. The van der Waals surface area contributed by atoms with Crippen molar-refractivity contribution in [3.63, 3.8) is 0 Å². The molecule has 4 rings (SSSR count). The lowest BCUT2D eigenvalue weighted by Crippen LogP contribution is -2.30. The average Bonchev–Trinajstić information content (AvgIpc) is 2.81. The second-order valence-corrected chi connectivity index (χ2v) is 8.30. The molecule has 0 aliphatic heterocycles. The summed E-state index contributed by atoms with van der Waals surface area (Å²) in [6, 6.07) is 11.0. The third kappa shape index (κ3) is 5.14. The van der Waals surface area contributed by atoms with Crippen molar-refractivity contribution in [1.82, 2.24) is 14.5 Å². The van der Waals surface area contributed by atoms with Crippen molar-refractivity contribution in [2.24, 2.45) is 0 Å². The Morgan fingerprint density at radius 1 is 1.13 bits per heavy atom. The highest BCUT2D eigenvalue weighted by molar-refractivity contribution is 8.00. The van der Waals surface area contributed by atoms with Gasteiger partial charge in [0.25, 0.3) is 0 Å². The maximum atomic E-state index is 12.8. The molecule has 0 unspecified atom stereocenters. The molecule has 0 saturated heterocycles. The van der Waals surface area contributed by atoms with Crippen LogP contribution < -0.4 is 15.7 Å². The molecule has 0 bridgehead atoms. The molecule has 1 amide bonds. The summed E-state index contributed by atoms with van der Waals surface area (Å²) in [5.74, 6) is 0.789. The van der Waals surface area contributed by atoms with E-state index in [1.54, 1.807) is 48.3 Å². The first-order valence-electron chi connectivity index (χ1n) is 10.2. The van der Waals surface area contributed by atoms with Crippen LogP contribution in [0.3, 0.4) is 0 Å². The van der Waals surface area contributed by atoms with Crippen LogP contribution in [0.2, 0.25) is 0 Å². The number of hydrogen-bond acceptors (Lipinski definition) is 6. The van der Waals surface area contributed by atoms with Crippen molar-refractivity contribution >= 4 is 23.4 Å². The number of anilines is 1. The summed E-state index contributed by atoms with van der Waals surface area (Å²) in [6.45, 7) is 0.486. The largest absolute Gasteiger partial charge is 0.497 e. The van der Waals surface area contributed by atoms with Gasteiger partial charge in [0, 0.05) is 29.3 Å². The summed E-state index contributed by atoms with van der Waals surface area (Å²) in [5.41, 5.74) is 3.60. The summed E-state index contributed by atoms with van der Waals surface area (Å²) in [5, 5.41) is 3.55. The molecule has 1 aliphatic rings. The molecule has 31 heavy (non-hydrogen) atoms. The number of thioether (sulfide) groups is 1. The Labute approximate surface area is 184 Å². The van der Waals surface area contributed by atoms with E-state index in [1.807, 2.05) is 12.1 Å².